The van der Waals surface area contributed by atoms with Gasteiger partial charge in [0.25, 0.3) is 0 Å². The van der Waals surface area contributed by atoms with Crippen molar-refractivity contribution in [2.75, 3.05) is 0 Å². The van der Waals surface area contributed by atoms with Crippen LogP contribution in [0.4, 0.5) is 0 Å². The van der Waals surface area contributed by atoms with Gasteiger partial charge in [0.05, 0.1) is 0 Å². The highest BCUT2D eigenvalue weighted by Gasteiger charge is 2.42. The minimum atomic E-state index is -0.427. The Hall–Kier alpha value is 3.36. The Morgan fingerprint density at radius 2 is 0.900 bits per heavy atom. The molecule has 0 heterocycles. The highest BCUT2D eigenvalue weighted by molar-refractivity contribution is 9.42. The maximum atomic E-state index is 3.35. The first-order valence-electron chi connectivity index (χ1n) is 1.82. The second-order valence-electron chi connectivity index (χ2n) is 1.31. The van der Waals surface area contributed by atoms with Gasteiger partial charge in [-0.25, -0.2) is 0 Å². The van der Waals surface area contributed by atoms with E-state index in [2.05, 4.69) is 112 Å². The van der Waals surface area contributed by atoms with Crippen molar-refractivity contribution in [1.29, 1.82) is 0 Å². The van der Waals surface area contributed by atoms with Gasteiger partial charge in [0.2, 0.25) is 0 Å². The molecule has 0 amide bonds. The highest BCUT2D eigenvalue weighted by atomic mass is 80.0. The van der Waals surface area contributed by atoms with E-state index in [1.165, 1.54) is 0 Å². The summed E-state index contributed by atoms with van der Waals surface area (Å²) in [5.74, 6) is 0. The summed E-state index contributed by atoms with van der Waals surface area (Å²) in [7, 11) is 0. The van der Waals surface area contributed by atoms with E-state index in [1.807, 2.05) is 0 Å². The van der Waals surface area contributed by atoms with Crippen molar-refractivity contribution < 1.29 is 0 Å². The Labute approximate surface area is 119 Å². The average Bonchev–Trinajstić information content (AvgIpc) is 1.59. The molecule has 0 unspecified atom stereocenters. The molecule has 1 radical (unpaired) electrons. The lowest BCUT2D eigenvalue weighted by Crippen LogP contribution is -2.21. The first-order chi connectivity index (χ1) is 4.15. The van der Waals surface area contributed by atoms with Crippen LogP contribution in [0.3, 0.4) is 0 Å². The molecule has 0 rings (SSSR count). The lowest BCUT2D eigenvalue weighted by molar-refractivity contribution is 1.26. The zero-order valence-corrected chi connectivity index (χ0v) is 15.2. The van der Waals surface area contributed by atoms with Crippen LogP contribution in [0.2, 0.25) is 0 Å². The number of hydrogen-bond donors (Lipinski definition) is 0. The Morgan fingerprint density at radius 3 is 0.900 bits per heavy atom. The van der Waals surface area contributed by atoms with Crippen LogP contribution < -0.4 is 0 Å². The summed E-state index contributed by atoms with van der Waals surface area (Å²) >= 11 is 23.4. The third-order valence-electron chi connectivity index (χ3n) is 0.498. The van der Waals surface area contributed by atoms with Crippen molar-refractivity contribution in [3.8, 4) is 0 Å². The molecule has 0 fully saturated rings. The van der Waals surface area contributed by atoms with E-state index in [1.54, 1.807) is 0 Å². The number of rotatable bonds is 0. The summed E-state index contributed by atoms with van der Waals surface area (Å²) in [5.41, 5.74) is 0. The SMILES string of the molecule is Br[C](C(Br)(Br)Br)C(Br)(Br)Br. The molecule has 0 aromatic rings. The van der Waals surface area contributed by atoms with E-state index < -0.39 is 4.29 Å². The van der Waals surface area contributed by atoms with E-state index in [0.29, 0.717) is 0 Å². The summed E-state index contributed by atoms with van der Waals surface area (Å²) in [4.78, 5) is 0.882. The van der Waals surface area contributed by atoms with Gasteiger partial charge < -0.3 is 0 Å². The van der Waals surface area contributed by atoms with Crippen LogP contribution in [-0.2, 0) is 0 Å². The predicted molar refractivity (Wildman–Crippen MR) is 71.2 cm³/mol. The third kappa shape index (κ3) is 5.17. The molecule has 7 heteroatoms. The molecule has 0 nitrogen and oxygen atoms in total. The summed E-state index contributed by atoms with van der Waals surface area (Å²) in [6, 6.07) is 0. The van der Waals surface area contributed by atoms with Crippen molar-refractivity contribution in [3.63, 3.8) is 0 Å². The second-order valence-corrected chi connectivity index (χ2v) is 15.6. The van der Waals surface area contributed by atoms with Gasteiger partial charge in [-0.1, -0.05) is 112 Å². The summed E-state index contributed by atoms with van der Waals surface area (Å²) in [6.07, 6.45) is 0. The first kappa shape index (κ1) is 13.4. The molecule has 61 valence electrons. The van der Waals surface area contributed by atoms with E-state index in [4.69, 9.17) is 0 Å². The predicted octanol–water partition coefficient (Wildman–Crippen LogP) is 5.59. The molecule has 0 saturated carbocycles. The van der Waals surface area contributed by atoms with E-state index in [-0.39, 0.29) is 0 Å². The quantitative estimate of drug-likeness (QED) is 0.321. The van der Waals surface area contributed by atoms with Crippen molar-refractivity contribution in [2.24, 2.45) is 0 Å². The first-order valence-corrected chi connectivity index (χ1v) is 7.37. The zero-order chi connectivity index (χ0) is 8.58. The molecule has 0 saturated heterocycles. The normalized spacial score (nSPS) is 14.4. The standard InChI is InChI=1S/C3Br7/c4-1(2(5,6)7)3(8,9)10. The van der Waals surface area contributed by atoms with Gasteiger partial charge in [-0.15, -0.1) is 0 Å². The number of halogens is 7. The van der Waals surface area contributed by atoms with E-state index in [0.717, 1.165) is 4.83 Å². The minimum absolute atomic E-state index is 0.427. The van der Waals surface area contributed by atoms with E-state index in [9.17, 15) is 0 Å². The lowest BCUT2D eigenvalue weighted by Gasteiger charge is -2.25. The van der Waals surface area contributed by atoms with Crippen LogP contribution in [0, 0.1) is 4.83 Å². The minimum Gasteiger partial charge on any atom is -0.0766 e. The molecule has 0 atom stereocenters. The Morgan fingerprint density at radius 1 is 0.700 bits per heavy atom. The molecule has 0 aromatic carbocycles. The smallest absolute Gasteiger partial charge is 0.0766 e. The Bertz CT molecular complexity index is 93.0. The van der Waals surface area contributed by atoms with Gasteiger partial charge in [-0.2, -0.15) is 0 Å². The summed E-state index contributed by atoms with van der Waals surface area (Å²) in [5, 5.41) is 0. The number of hydrogen-bond acceptors (Lipinski definition) is 0. The molecule has 0 aliphatic heterocycles. The fourth-order valence-electron chi connectivity index (χ4n) is 0.161. The monoisotopic (exact) mass is 588 g/mol. The van der Waals surface area contributed by atoms with Crippen molar-refractivity contribution >= 4 is 112 Å². The molecular weight excluding hydrogens is 595 g/mol. The van der Waals surface area contributed by atoms with Crippen LogP contribution in [0.1, 0.15) is 0 Å². The van der Waals surface area contributed by atoms with Gasteiger partial charge >= 0.3 is 0 Å². The summed E-state index contributed by atoms with van der Waals surface area (Å²) in [6.45, 7) is 0. The van der Waals surface area contributed by atoms with Crippen LogP contribution in [0.5, 0.6) is 0 Å². The van der Waals surface area contributed by atoms with Gasteiger partial charge in [0.1, 0.15) is 4.83 Å². The van der Waals surface area contributed by atoms with Gasteiger partial charge in [-0.3, -0.25) is 0 Å². The van der Waals surface area contributed by atoms with Crippen LogP contribution >= 0.6 is 112 Å². The molecule has 0 spiro atoms. The highest BCUT2D eigenvalue weighted by Crippen LogP contribution is 2.58. The second kappa shape index (κ2) is 4.73. The molecule has 0 bridgehead atoms. The molecular formula is C3Br7. The molecule has 0 aliphatic rings. The zero-order valence-electron chi connectivity index (χ0n) is 4.15. The maximum Gasteiger partial charge on any atom is 0.154 e. The lowest BCUT2D eigenvalue weighted by atomic mass is 10.6. The van der Waals surface area contributed by atoms with Crippen molar-refractivity contribution in [2.45, 2.75) is 4.29 Å². The van der Waals surface area contributed by atoms with Crippen molar-refractivity contribution in [1.82, 2.24) is 0 Å². The van der Waals surface area contributed by atoms with Gasteiger partial charge in [0, 0.05) is 0 Å². The van der Waals surface area contributed by atoms with Crippen LogP contribution in [0.15, 0.2) is 0 Å². The van der Waals surface area contributed by atoms with E-state index >= 15 is 0 Å². The largest absolute Gasteiger partial charge is 0.154 e. The molecule has 0 aliphatic carbocycles. The average molecular weight is 595 g/mol. The van der Waals surface area contributed by atoms with Gasteiger partial charge in [0.15, 0.2) is 4.29 Å². The Balaban J connectivity index is 4.23. The fraction of sp³-hybridized carbons (Fsp3) is 0.667. The topological polar surface area (TPSA) is 0 Å². The third-order valence-corrected chi connectivity index (χ3v) is 7.26. The maximum absolute atomic E-state index is 3.35. The molecule has 0 N–H and O–H groups in total. The summed E-state index contributed by atoms with van der Waals surface area (Å²) < 4.78 is -0.854. The fourth-order valence-corrected chi connectivity index (χ4v) is 4.34. The van der Waals surface area contributed by atoms with Crippen LogP contribution in [0.25, 0.3) is 0 Å². The molecule has 10 heavy (non-hydrogen) atoms. The van der Waals surface area contributed by atoms with Crippen LogP contribution in [-0.4, -0.2) is 4.29 Å². The Kier molecular flexibility index (Phi) is 6.32. The number of alkyl halides is 6. The molecule has 0 aromatic heterocycles. The van der Waals surface area contributed by atoms with Crippen molar-refractivity contribution in [3.05, 3.63) is 4.83 Å². The van der Waals surface area contributed by atoms with Gasteiger partial charge in [-0.05, 0) is 0 Å².